The van der Waals surface area contributed by atoms with E-state index in [-0.39, 0.29) is 6.71 Å². The van der Waals surface area contributed by atoms with Crippen LogP contribution in [0, 0.1) is 0 Å². The van der Waals surface area contributed by atoms with Crippen molar-refractivity contribution in [2.75, 3.05) is 0 Å². The van der Waals surface area contributed by atoms with E-state index in [9.17, 15) is 0 Å². The van der Waals surface area contributed by atoms with Crippen LogP contribution in [0.25, 0.3) is 63.3 Å². The van der Waals surface area contributed by atoms with Crippen molar-refractivity contribution < 1.29 is 4.74 Å². The average Bonchev–Trinajstić information content (AvgIpc) is 3.47. The van der Waals surface area contributed by atoms with Gasteiger partial charge >= 0.3 is 0 Å². The maximum atomic E-state index is 7.25. The molecule has 9 aromatic rings. The van der Waals surface area contributed by atoms with Crippen molar-refractivity contribution in [1.29, 1.82) is 0 Å². The van der Waals surface area contributed by atoms with Gasteiger partial charge in [0.05, 0.1) is 0 Å². The fourth-order valence-electron chi connectivity index (χ4n) is 7.62. The van der Waals surface area contributed by atoms with Crippen LogP contribution in [-0.4, -0.2) is 6.71 Å². The minimum Gasteiger partial charge on any atom is -0.457 e. The van der Waals surface area contributed by atoms with Crippen LogP contribution in [0.4, 0.5) is 0 Å². The Bertz CT molecular complexity index is 2490. The highest BCUT2D eigenvalue weighted by molar-refractivity contribution is 7.28. The number of hydrogen-bond donors (Lipinski definition) is 0. The summed E-state index contributed by atoms with van der Waals surface area (Å²) in [6.45, 7) is -0.0143. The number of fused-ring (bicyclic) bond motifs is 15. The molecular weight excluding hydrogens is 539 g/mol. The van der Waals surface area contributed by atoms with Gasteiger partial charge in [0, 0.05) is 25.6 Å². The highest BCUT2D eigenvalue weighted by atomic mass is 32.1. The predicted octanol–water partition coefficient (Wildman–Crippen LogP) is 9.29. The second kappa shape index (κ2) is 8.70. The first kappa shape index (κ1) is 23.4. The van der Waals surface area contributed by atoms with E-state index in [1.54, 1.807) is 0 Å². The number of rotatable bonds is 1. The third-order valence-corrected chi connectivity index (χ3v) is 10.6. The van der Waals surface area contributed by atoms with Crippen LogP contribution in [0.15, 0.2) is 140 Å². The van der Waals surface area contributed by atoms with E-state index in [2.05, 4.69) is 140 Å². The molecule has 1 nitrogen and oxygen atoms in total. The van der Waals surface area contributed by atoms with Crippen LogP contribution in [-0.2, 0) is 0 Å². The lowest BCUT2D eigenvalue weighted by Crippen LogP contribution is -2.55. The number of hydrogen-bond acceptors (Lipinski definition) is 2. The monoisotopic (exact) mass is 562 g/mol. The van der Waals surface area contributed by atoms with Crippen LogP contribution in [0.1, 0.15) is 0 Å². The van der Waals surface area contributed by atoms with Crippen molar-refractivity contribution in [3.05, 3.63) is 140 Å². The van der Waals surface area contributed by atoms with E-state index in [4.69, 9.17) is 4.74 Å². The van der Waals surface area contributed by atoms with Crippen molar-refractivity contribution in [3.63, 3.8) is 0 Å². The van der Waals surface area contributed by atoms with E-state index < -0.39 is 0 Å². The second-order valence-corrected chi connectivity index (χ2v) is 12.6. The molecule has 0 saturated carbocycles. The van der Waals surface area contributed by atoms with Gasteiger partial charge in [-0.3, -0.25) is 0 Å². The summed E-state index contributed by atoms with van der Waals surface area (Å²) < 4.78 is 9.92. The van der Waals surface area contributed by atoms with Gasteiger partial charge in [-0.25, -0.2) is 0 Å². The molecule has 10 rings (SSSR count). The molecule has 3 heteroatoms. The highest BCUT2D eigenvalue weighted by Crippen LogP contribution is 2.43. The van der Waals surface area contributed by atoms with Crippen molar-refractivity contribution in [2.24, 2.45) is 0 Å². The maximum absolute atomic E-state index is 7.25. The summed E-state index contributed by atoms with van der Waals surface area (Å²) in [5.74, 6) is 1.95. The standard InChI is InChI=1S/C40H23BOS/c1-5-17-29-24(12-1)26-14-3-7-19-31(26)38-36(29)41(34-22-11-21-33-28-16-9-10-23-35(28)43-40(33)34)37-30-18-6-2-13-25(30)27-15-4-8-20-32(27)39(37)42-38/h1-23H. The summed E-state index contributed by atoms with van der Waals surface area (Å²) in [5.41, 5.74) is 3.85. The van der Waals surface area contributed by atoms with E-state index in [1.165, 1.54) is 68.9 Å². The van der Waals surface area contributed by atoms with Crippen LogP contribution in [0.2, 0.25) is 0 Å². The molecule has 1 aliphatic heterocycles. The molecule has 0 atom stereocenters. The summed E-state index contributed by atoms with van der Waals surface area (Å²) in [7, 11) is 0. The van der Waals surface area contributed by atoms with Gasteiger partial charge < -0.3 is 4.74 Å². The zero-order chi connectivity index (χ0) is 28.1. The van der Waals surface area contributed by atoms with Gasteiger partial charge in [0.1, 0.15) is 11.5 Å². The highest BCUT2D eigenvalue weighted by Gasteiger charge is 2.39. The number of ether oxygens (including phenoxy) is 1. The topological polar surface area (TPSA) is 9.23 Å². The first-order chi connectivity index (χ1) is 21.4. The molecule has 0 bridgehead atoms. The fourth-order valence-corrected chi connectivity index (χ4v) is 8.87. The predicted molar refractivity (Wildman–Crippen MR) is 187 cm³/mol. The first-order valence-electron chi connectivity index (χ1n) is 14.8. The Morgan fingerprint density at radius 1 is 0.372 bits per heavy atom. The summed E-state index contributed by atoms with van der Waals surface area (Å²) in [6.07, 6.45) is 0. The Kier molecular flexibility index (Phi) is 4.74. The molecule has 0 aliphatic carbocycles. The molecule has 1 aromatic heterocycles. The zero-order valence-electron chi connectivity index (χ0n) is 23.2. The van der Waals surface area contributed by atoms with Crippen molar-refractivity contribution in [1.82, 2.24) is 0 Å². The van der Waals surface area contributed by atoms with Crippen LogP contribution < -0.4 is 21.1 Å². The van der Waals surface area contributed by atoms with Gasteiger partial charge in [0.15, 0.2) is 0 Å². The number of benzene rings is 8. The van der Waals surface area contributed by atoms with Gasteiger partial charge in [0.2, 0.25) is 0 Å². The van der Waals surface area contributed by atoms with Crippen molar-refractivity contribution in [3.8, 4) is 11.5 Å². The Morgan fingerprint density at radius 3 is 1.35 bits per heavy atom. The van der Waals surface area contributed by atoms with Gasteiger partial charge in [0.25, 0.3) is 6.71 Å². The zero-order valence-corrected chi connectivity index (χ0v) is 24.0. The molecule has 0 unspecified atom stereocenters. The normalized spacial score (nSPS) is 12.8. The number of thiophene rings is 1. The van der Waals surface area contributed by atoms with Crippen molar-refractivity contribution in [2.45, 2.75) is 0 Å². The van der Waals surface area contributed by atoms with Gasteiger partial charge in [-0.1, -0.05) is 139 Å². The van der Waals surface area contributed by atoms with Gasteiger partial charge in [-0.2, -0.15) is 0 Å². The van der Waals surface area contributed by atoms with E-state index in [0.717, 1.165) is 22.3 Å². The van der Waals surface area contributed by atoms with Gasteiger partial charge in [-0.15, -0.1) is 11.3 Å². The lowest BCUT2D eigenvalue weighted by molar-refractivity contribution is 0.500. The summed E-state index contributed by atoms with van der Waals surface area (Å²) in [6, 6.07) is 50.9. The molecule has 198 valence electrons. The molecule has 0 N–H and O–H groups in total. The molecular formula is C40H23BOS. The SMILES string of the molecule is c1ccc2c(c1)sc1c(B3c4c(c5ccccc5c5ccccc45)Oc4c3c3ccccc3c3ccccc43)cccc12. The second-order valence-electron chi connectivity index (χ2n) is 11.5. The molecule has 0 saturated heterocycles. The van der Waals surface area contributed by atoms with E-state index in [1.807, 2.05) is 11.3 Å². The molecule has 0 fully saturated rings. The quantitative estimate of drug-likeness (QED) is 0.143. The lowest BCUT2D eigenvalue weighted by Gasteiger charge is -2.32. The summed E-state index contributed by atoms with van der Waals surface area (Å²) in [5, 5.41) is 12.5. The maximum Gasteiger partial charge on any atom is 0.254 e. The first-order valence-corrected chi connectivity index (χ1v) is 15.6. The molecule has 0 spiro atoms. The Morgan fingerprint density at radius 2 is 0.791 bits per heavy atom. The molecule has 8 aromatic carbocycles. The third kappa shape index (κ3) is 3.12. The molecule has 2 heterocycles. The molecule has 0 radical (unpaired) electrons. The van der Waals surface area contributed by atoms with Crippen molar-refractivity contribution >= 4 is 97.7 Å². The smallest absolute Gasteiger partial charge is 0.254 e. The largest absolute Gasteiger partial charge is 0.457 e. The lowest BCUT2D eigenvalue weighted by atomic mass is 9.34. The molecule has 1 aliphatic rings. The van der Waals surface area contributed by atoms with E-state index in [0.29, 0.717) is 0 Å². The minimum absolute atomic E-state index is 0.0143. The Hall–Kier alpha value is -5.12. The van der Waals surface area contributed by atoms with Gasteiger partial charge in [-0.05, 0) is 54.7 Å². The molecule has 43 heavy (non-hydrogen) atoms. The van der Waals surface area contributed by atoms with E-state index >= 15 is 0 Å². The summed E-state index contributed by atoms with van der Waals surface area (Å²) >= 11 is 1.91. The van der Waals surface area contributed by atoms with Crippen LogP contribution in [0.3, 0.4) is 0 Å². The van der Waals surface area contributed by atoms with Crippen LogP contribution in [0.5, 0.6) is 11.5 Å². The molecule has 0 amide bonds. The minimum atomic E-state index is -0.0143. The fraction of sp³-hybridized carbons (Fsp3) is 0. The summed E-state index contributed by atoms with van der Waals surface area (Å²) in [4.78, 5) is 0. The Labute approximate surface area is 252 Å². The van der Waals surface area contributed by atoms with Crippen LogP contribution >= 0.6 is 11.3 Å². The third-order valence-electron chi connectivity index (χ3n) is 9.37. The Balaban J connectivity index is 1.46. The average molecular weight is 563 g/mol.